The van der Waals surface area contributed by atoms with E-state index >= 15 is 0 Å². The van der Waals surface area contributed by atoms with Crippen LogP contribution in [-0.2, 0) is 4.74 Å². The molecule has 0 radical (unpaired) electrons. The highest BCUT2D eigenvalue weighted by atomic mass is 16.5. The van der Waals surface area contributed by atoms with Crippen LogP contribution in [0.1, 0.15) is 34.5 Å². The molecule has 7 heteroatoms. The van der Waals surface area contributed by atoms with Gasteiger partial charge in [-0.3, -0.25) is 9.78 Å². The molecule has 2 heterocycles. The summed E-state index contributed by atoms with van der Waals surface area (Å²) in [5, 5.41) is 6.45. The summed E-state index contributed by atoms with van der Waals surface area (Å²) in [5.41, 5.74) is 6.47. The summed E-state index contributed by atoms with van der Waals surface area (Å²) >= 11 is 0. The first-order valence-electron chi connectivity index (χ1n) is 12.5. The van der Waals surface area contributed by atoms with Gasteiger partial charge in [-0.2, -0.15) is 0 Å². The molecule has 3 aromatic carbocycles. The number of rotatable bonds is 7. The maximum absolute atomic E-state index is 12.7. The van der Waals surface area contributed by atoms with Crippen molar-refractivity contribution in [2.75, 3.05) is 41.8 Å². The predicted molar refractivity (Wildman–Crippen MR) is 148 cm³/mol. The Balaban J connectivity index is 1.28. The van der Waals surface area contributed by atoms with Gasteiger partial charge in [-0.25, -0.2) is 4.98 Å². The van der Waals surface area contributed by atoms with Gasteiger partial charge >= 0.3 is 0 Å². The number of amides is 1. The van der Waals surface area contributed by atoms with Gasteiger partial charge in [-0.15, -0.1) is 0 Å². The molecule has 1 amide bonds. The number of carbonyl (C=O) groups is 1. The van der Waals surface area contributed by atoms with Crippen LogP contribution < -0.4 is 15.5 Å². The zero-order valence-corrected chi connectivity index (χ0v) is 21.1. The van der Waals surface area contributed by atoms with Crippen molar-refractivity contribution in [3.05, 3.63) is 102 Å². The third kappa shape index (κ3) is 6.13. The molecule has 7 nitrogen and oxygen atoms in total. The molecule has 1 aliphatic rings. The molecule has 37 heavy (non-hydrogen) atoms. The Morgan fingerprint density at radius 1 is 0.973 bits per heavy atom. The molecule has 188 valence electrons. The first kappa shape index (κ1) is 24.5. The van der Waals surface area contributed by atoms with E-state index in [1.165, 1.54) is 5.69 Å². The lowest BCUT2D eigenvalue weighted by atomic mass is 10.1. The van der Waals surface area contributed by atoms with Gasteiger partial charge in [0.05, 0.1) is 37.3 Å². The maximum atomic E-state index is 12.7. The number of anilines is 3. The van der Waals surface area contributed by atoms with Gasteiger partial charge in [-0.05, 0) is 55.8 Å². The minimum Gasteiger partial charge on any atom is -0.378 e. The fourth-order valence-electron chi connectivity index (χ4n) is 4.44. The summed E-state index contributed by atoms with van der Waals surface area (Å²) in [4.78, 5) is 24.3. The van der Waals surface area contributed by atoms with Gasteiger partial charge in [0, 0.05) is 35.6 Å². The second-order valence-electron chi connectivity index (χ2n) is 9.25. The van der Waals surface area contributed by atoms with Crippen LogP contribution in [0.2, 0.25) is 0 Å². The Kier molecular flexibility index (Phi) is 7.42. The van der Waals surface area contributed by atoms with E-state index < -0.39 is 0 Å². The summed E-state index contributed by atoms with van der Waals surface area (Å²) in [7, 11) is 0. The molecule has 1 unspecified atom stereocenters. The highest BCUT2D eigenvalue weighted by Crippen LogP contribution is 2.26. The van der Waals surface area contributed by atoms with Crippen LogP contribution in [0.15, 0.2) is 85.2 Å². The largest absolute Gasteiger partial charge is 0.378 e. The second-order valence-corrected chi connectivity index (χ2v) is 9.25. The lowest BCUT2D eigenvalue weighted by Crippen LogP contribution is -2.36. The van der Waals surface area contributed by atoms with Crippen LogP contribution in [0.3, 0.4) is 0 Å². The van der Waals surface area contributed by atoms with Crippen molar-refractivity contribution in [2.45, 2.75) is 19.9 Å². The second kappa shape index (κ2) is 11.2. The number of nitrogens with zero attached hydrogens (tertiary/aromatic N) is 3. The number of aromatic nitrogens is 2. The van der Waals surface area contributed by atoms with Crippen LogP contribution in [0.5, 0.6) is 0 Å². The number of benzene rings is 3. The lowest BCUT2D eigenvalue weighted by Gasteiger charge is -2.29. The number of aryl methyl sites for hydroxylation is 1. The van der Waals surface area contributed by atoms with Gasteiger partial charge < -0.3 is 20.3 Å². The van der Waals surface area contributed by atoms with Crippen molar-refractivity contribution in [3.8, 4) is 11.3 Å². The summed E-state index contributed by atoms with van der Waals surface area (Å²) in [6.07, 6.45) is 3.52. The van der Waals surface area contributed by atoms with Crippen LogP contribution in [-0.4, -0.2) is 42.2 Å². The van der Waals surface area contributed by atoms with Gasteiger partial charge in [-0.1, -0.05) is 42.0 Å². The molecule has 1 aliphatic heterocycles. The Labute approximate surface area is 217 Å². The van der Waals surface area contributed by atoms with Crippen molar-refractivity contribution < 1.29 is 9.53 Å². The molecule has 2 N–H and O–H groups in total. The summed E-state index contributed by atoms with van der Waals surface area (Å²) in [6.45, 7) is 7.31. The van der Waals surface area contributed by atoms with Crippen molar-refractivity contribution in [1.82, 2.24) is 9.97 Å². The molecular formula is C30H31N5O2. The average molecular weight is 494 g/mol. The lowest BCUT2D eigenvalue weighted by molar-refractivity contribution is 0.102. The normalized spacial score (nSPS) is 14.2. The summed E-state index contributed by atoms with van der Waals surface area (Å²) in [5.74, 6) is 0.565. The van der Waals surface area contributed by atoms with E-state index in [1.54, 1.807) is 12.4 Å². The summed E-state index contributed by atoms with van der Waals surface area (Å²) in [6, 6.07) is 23.8. The monoisotopic (exact) mass is 493 g/mol. The number of hydrogen-bond donors (Lipinski definition) is 2. The van der Waals surface area contributed by atoms with Gasteiger partial charge in [0.2, 0.25) is 0 Å². The molecule has 4 aromatic rings. The fourth-order valence-corrected chi connectivity index (χ4v) is 4.44. The van der Waals surface area contributed by atoms with E-state index in [2.05, 4.69) is 51.7 Å². The molecule has 1 aromatic heterocycles. The molecule has 1 saturated heterocycles. The summed E-state index contributed by atoms with van der Waals surface area (Å²) < 4.78 is 5.48. The van der Waals surface area contributed by atoms with E-state index in [9.17, 15) is 4.79 Å². The molecule has 5 rings (SSSR count). The molecular weight excluding hydrogens is 462 g/mol. The number of carbonyl (C=O) groups excluding carboxylic acids is 1. The minimum atomic E-state index is -0.126. The average Bonchev–Trinajstić information content (AvgIpc) is 2.94. The van der Waals surface area contributed by atoms with E-state index in [1.807, 2.05) is 55.5 Å². The van der Waals surface area contributed by atoms with Gasteiger partial charge in [0.15, 0.2) is 0 Å². The zero-order valence-electron chi connectivity index (χ0n) is 21.1. The zero-order chi connectivity index (χ0) is 25.6. The Morgan fingerprint density at radius 3 is 2.62 bits per heavy atom. The Hall–Kier alpha value is -4.23. The standard InChI is InChI=1S/C30H31N5O2/c1-21-6-3-9-25(16-21)30(36)33-26-10-4-7-23(17-26)22(2)32-29-20-31-19-28(34-29)24-8-5-11-27(18-24)35-12-14-37-15-13-35/h3-11,16-20,22H,12-15H2,1-2H3,(H,32,34)(H,33,36). The molecule has 0 spiro atoms. The Bertz CT molecular complexity index is 1380. The van der Waals surface area contributed by atoms with Gasteiger partial charge in [0.1, 0.15) is 5.82 Å². The number of morpholine rings is 1. The van der Waals surface area contributed by atoms with E-state index in [-0.39, 0.29) is 11.9 Å². The van der Waals surface area contributed by atoms with Crippen LogP contribution in [0.25, 0.3) is 11.3 Å². The quantitative estimate of drug-likeness (QED) is 0.343. The minimum absolute atomic E-state index is 0.0416. The first-order valence-corrected chi connectivity index (χ1v) is 12.5. The number of ether oxygens (including phenoxy) is 1. The van der Waals surface area contributed by atoms with Crippen LogP contribution >= 0.6 is 0 Å². The number of hydrogen-bond acceptors (Lipinski definition) is 6. The topological polar surface area (TPSA) is 79.4 Å². The first-order chi connectivity index (χ1) is 18.0. The third-order valence-electron chi connectivity index (χ3n) is 6.44. The SMILES string of the molecule is Cc1cccc(C(=O)Nc2cccc(C(C)Nc3cncc(-c4cccc(N5CCOCC5)c4)n3)c2)c1. The maximum Gasteiger partial charge on any atom is 0.255 e. The van der Waals surface area contributed by atoms with E-state index in [0.717, 1.165) is 54.4 Å². The molecule has 0 saturated carbocycles. The molecule has 1 fully saturated rings. The van der Waals surface area contributed by atoms with Crippen molar-refractivity contribution in [2.24, 2.45) is 0 Å². The van der Waals surface area contributed by atoms with Crippen molar-refractivity contribution in [1.29, 1.82) is 0 Å². The Morgan fingerprint density at radius 2 is 1.78 bits per heavy atom. The van der Waals surface area contributed by atoms with Gasteiger partial charge in [0.25, 0.3) is 5.91 Å². The smallest absolute Gasteiger partial charge is 0.255 e. The molecule has 1 atom stereocenters. The van der Waals surface area contributed by atoms with E-state index in [0.29, 0.717) is 11.4 Å². The third-order valence-corrected chi connectivity index (χ3v) is 6.44. The number of nitrogens with one attached hydrogen (secondary N) is 2. The molecule has 0 aliphatic carbocycles. The van der Waals surface area contributed by atoms with Crippen molar-refractivity contribution in [3.63, 3.8) is 0 Å². The fraction of sp³-hybridized carbons (Fsp3) is 0.233. The highest BCUT2D eigenvalue weighted by Gasteiger charge is 2.14. The predicted octanol–water partition coefficient (Wildman–Crippen LogP) is 5.71. The van der Waals surface area contributed by atoms with Crippen molar-refractivity contribution >= 4 is 23.1 Å². The van der Waals surface area contributed by atoms with Crippen LogP contribution in [0.4, 0.5) is 17.2 Å². The van der Waals surface area contributed by atoms with E-state index in [4.69, 9.17) is 9.72 Å². The molecule has 0 bridgehead atoms. The highest BCUT2D eigenvalue weighted by molar-refractivity contribution is 6.04. The van der Waals surface area contributed by atoms with Crippen LogP contribution in [0, 0.1) is 6.92 Å².